The van der Waals surface area contributed by atoms with Crippen LogP contribution in [0.4, 0.5) is 0 Å². The van der Waals surface area contributed by atoms with Crippen LogP contribution in [0.25, 0.3) is 0 Å². The second kappa shape index (κ2) is 7.66. The smallest absolute Gasteiger partial charge is 0.254 e. The Morgan fingerprint density at radius 1 is 1.20 bits per heavy atom. The minimum atomic E-state index is -0.0847. The van der Waals surface area contributed by atoms with Crippen molar-refractivity contribution in [3.05, 3.63) is 83.6 Å². The molecule has 0 aliphatic heterocycles. The molecule has 3 rings (SSSR count). The number of ether oxygens (including phenoxy) is 1. The van der Waals surface area contributed by atoms with Gasteiger partial charge in [0.1, 0.15) is 11.5 Å². The third kappa shape index (κ3) is 4.07. The molecule has 0 aliphatic rings. The van der Waals surface area contributed by atoms with Gasteiger partial charge in [0.25, 0.3) is 5.91 Å². The molecule has 2 heterocycles. The van der Waals surface area contributed by atoms with Crippen molar-refractivity contribution in [2.45, 2.75) is 20.0 Å². The van der Waals surface area contributed by atoms with Gasteiger partial charge in [0, 0.05) is 24.5 Å². The lowest BCUT2D eigenvalue weighted by Crippen LogP contribution is -2.30. The predicted molar refractivity (Wildman–Crippen MR) is 94.3 cm³/mol. The zero-order chi connectivity index (χ0) is 17.6. The molecule has 0 fully saturated rings. The highest BCUT2D eigenvalue weighted by molar-refractivity contribution is 5.94. The van der Waals surface area contributed by atoms with Crippen LogP contribution in [0.2, 0.25) is 0 Å². The lowest BCUT2D eigenvalue weighted by Gasteiger charge is -2.22. The second-order valence-corrected chi connectivity index (χ2v) is 5.79. The van der Waals surface area contributed by atoms with Crippen LogP contribution in [0.1, 0.15) is 27.2 Å². The Labute approximate surface area is 146 Å². The maximum atomic E-state index is 13.1. The highest BCUT2D eigenvalue weighted by Gasteiger charge is 2.19. The summed E-state index contributed by atoms with van der Waals surface area (Å²) in [6.45, 7) is 2.78. The number of methoxy groups -OCH3 is 1. The number of carbonyl (C=O) groups is 1. The molecule has 0 unspecified atom stereocenters. The van der Waals surface area contributed by atoms with Crippen LogP contribution in [0.5, 0.6) is 5.75 Å². The lowest BCUT2D eigenvalue weighted by atomic mass is 10.1. The number of nitrogens with zero attached hydrogens (tertiary/aromatic N) is 2. The molecule has 128 valence electrons. The number of aromatic nitrogens is 1. The average molecular weight is 336 g/mol. The molecule has 1 amide bonds. The van der Waals surface area contributed by atoms with Gasteiger partial charge in [-0.25, -0.2) is 0 Å². The van der Waals surface area contributed by atoms with Gasteiger partial charge in [-0.2, -0.15) is 0 Å². The van der Waals surface area contributed by atoms with Gasteiger partial charge < -0.3 is 14.1 Å². The van der Waals surface area contributed by atoms with Gasteiger partial charge in [-0.1, -0.05) is 12.1 Å². The van der Waals surface area contributed by atoms with Crippen LogP contribution in [-0.4, -0.2) is 22.9 Å². The van der Waals surface area contributed by atoms with E-state index in [0.29, 0.717) is 24.4 Å². The van der Waals surface area contributed by atoms with E-state index < -0.39 is 0 Å². The van der Waals surface area contributed by atoms with Crippen molar-refractivity contribution in [3.63, 3.8) is 0 Å². The van der Waals surface area contributed by atoms with Crippen molar-refractivity contribution in [2.24, 2.45) is 0 Å². The maximum absolute atomic E-state index is 13.1. The first-order valence-electron chi connectivity index (χ1n) is 8.02. The highest BCUT2D eigenvalue weighted by atomic mass is 16.5. The first-order chi connectivity index (χ1) is 12.2. The zero-order valence-electron chi connectivity index (χ0n) is 14.3. The molecule has 0 spiro atoms. The molecule has 25 heavy (non-hydrogen) atoms. The Balaban J connectivity index is 1.88. The van der Waals surface area contributed by atoms with Crippen LogP contribution in [0, 0.1) is 6.92 Å². The summed E-state index contributed by atoms with van der Waals surface area (Å²) in [4.78, 5) is 18.9. The summed E-state index contributed by atoms with van der Waals surface area (Å²) < 4.78 is 10.8. The number of hydrogen-bond donors (Lipinski definition) is 0. The molecule has 0 saturated heterocycles. The van der Waals surface area contributed by atoms with Crippen LogP contribution < -0.4 is 4.74 Å². The zero-order valence-corrected chi connectivity index (χ0v) is 14.3. The molecule has 5 heteroatoms. The van der Waals surface area contributed by atoms with Gasteiger partial charge in [-0.05, 0) is 48.4 Å². The van der Waals surface area contributed by atoms with Crippen LogP contribution in [0.3, 0.4) is 0 Å². The van der Waals surface area contributed by atoms with Crippen molar-refractivity contribution in [3.8, 4) is 5.75 Å². The number of furan rings is 1. The predicted octanol–water partition coefficient (Wildman–Crippen LogP) is 3.83. The molecule has 2 aromatic heterocycles. The minimum absolute atomic E-state index is 0.0847. The Hall–Kier alpha value is -3.08. The van der Waals surface area contributed by atoms with E-state index in [1.165, 1.54) is 0 Å². The highest BCUT2D eigenvalue weighted by Crippen LogP contribution is 2.21. The van der Waals surface area contributed by atoms with E-state index in [0.717, 1.165) is 16.9 Å². The number of aryl methyl sites for hydroxylation is 1. The van der Waals surface area contributed by atoms with Crippen molar-refractivity contribution < 1.29 is 13.9 Å². The number of pyridine rings is 1. The van der Waals surface area contributed by atoms with Crippen molar-refractivity contribution in [1.82, 2.24) is 9.88 Å². The fourth-order valence-corrected chi connectivity index (χ4v) is 2.64. The van der Waals surface area contributed by atoms with E-state index in [1.54, 1.807) is 36.7 Å². The molecule has 3 aromatic rings. The summed E-state index contributed by atoms with van der Waals surface area (Å²) in [5.41, 5.74) is 2.53. The summed E-state index contributed by atoms with van der Waals surface area (Å²) >= 11 is 0. The topological polar surface area (TPSA) is 55.6 Å². The summed E-state index contributed by atoms with van der Waals surface area (Å²) in [5.74, 6) is 1.35. The third-order valence-corrected chi connectivity index (χ3v) is 3.97. The largest absolute Gasteiger partial charge is 0.496 e. The molecule has 0 atom stereocenters. The van der Waals surface area contributed by atoms with Gasteiger partial charge in [-0.3, -0.25) is 9.78 Å². The van der Waals surface area contributed by atoms with Crippen molar-refractivity contribution in [1.29, 1.82) is 0 Å². The maximum Gasteiger partial charge on any atom is 0.254 e. The molecule has 5 nitrogen and oxygen atoms in total. The molecule has 0 bridgehead atoms. The average Bonchev–Trinajstić information content (AvgIpc) is 3.15. The molecule has 0 N–H and O–H groups in total. The van der Waals surface area contributed by atoms with E-state index in [1.807, 2.05) is 43.3 Å². The van der Waals surface area contributed by atoms with Crippen molar-refractivity contribution in [2.75, 3.05) is 7.11 Å². The fraction of sp³-hybridized carbons (Fsp3) is 0.200. The monoisotopic (exact) mass is 336 g/mol. The second-order valence-electron chi connectivity index (χ2n) is 5.79. The molecule has 0 aliphatic carbocycles. The van der Waals surface area contributed by atoms with E-state index in [4.69, 9.17) is 9.15 Å². The SMILES string of the molecule is COc1cc(C(=O)N(Cc2cccnc2)Cc2ccco2)ccc1C. The molecular weight excluding hydrogens is 316 g/mol. The number of rotatable bonds is 6. The quantitative estimate of drug-likeness (QED) is 0.686. The van der Waals surface area contributed by atoms with E-state index >= 15 is 0 Å². The van der Waals surface area contributed by atoms with Gasteiger partial charge in [0.15, 0.2) is 0 Å². The number of hydrogen-bond acceptors (Lipinski definition) is 4. The summed E-state index contributed by atoms with van der Waals surface area (Å²) in [6.07, 6.45) is 5.09. The first-order valence-corrected chi connectivity index (χ1v) is 8.02. The molecule has 0 saturated carbocycles. The number of carbonyl (C=O) groups excluding carboxylic acids is 1. The number of benzene rings is 1. The Kier molecular flexibility index (Phi) is 5.14. The molecular formula is C20H20N2O3. The molecule has 1 aromatic carbocycles. The van der Waals surface area contributed by atoms with E-state index in [2.05, 4.69) is 4.98 Å². The Bertz CT molecular complexity index is 829. The minimum Gasteiger partial charge on any atom is -0.496 e. The van der Waals surface area contributed by atoms with Crippen molar-refractivity contribution >= 4 is 5.91 Å². The Morgan fingerprint density at radius 2 is 2.08 bits per heavy atom. The first kappa shape index (κ1) is 16.8. The fourth-order valence-electron chi connectivity index (χ4n) is 2.64. The van der Waals surface area contributed by atoms with Gasteiger partial charge in [-0.15, -0.1) is 0 Å². The standard InChI is InChI=1S/C20H20N2O3/c1-15-7-8-17(11-19(15)24-2)20(23)22(14-18-6-4-10-25-18)13-16-5-3-9-21-12-16/h3-12H,13-14H2,1-2H3. The summed E-state index contributed by atoms with van der Waals surface area (Å²) in [7, 11) is 1.60. The normalized spacial score (nSPS) is 10.5. The Morgan fingerprint density at radius 3 is 2.76 bits per heavy atom. The summed E-state index contributed by atoms with van der Waals surface area (Å²) in [6, 6.07) is 13.0. The lowest BCUT2D eigenvalue weighted by molar-refractivity contribution is 0.0717. The van der Waals surface area contributed by atoms with E-state index in [9.17, 15) is 4.79 Å². The van der Waals surface area contributed by atoms with Gasteiger partial charge in [0.05, 0.1) is 19.9 Å². The molecule has 0 radical (unpaired) electrons. The van der Waals surface area contributed by atoms with Crippen LogP contribution >= 0.6 is 0 Å². The van der Waals surface area contributed by atoms with Crippen LogP contribution in [-0.2, 0) is 13.1 Å². The van der Waals surface area contributed by atoms with E-state index in [-0.39, 0.29) is 5.91 Å². The summed E-state index contributed by atoms with van der Waals surface area (Å²) in [5, 5.41) is 0. The third-order valence-electron chi connectivity index (χ3n) is 3.97. The van der Waals surface area contributed by atoms with Gasteiger partial charge in [0.2, 0.25) is 0 Å². The van der Waals surface area contributed by atoms with Gasteiger partial charge >= 0.3 is 0 Å². The van der Waals surface area contributed by atoms with Crippen LogP contribution in [0.15, 0.2) is 65.5 Å². The number of amides is 1.